The van der Waals surface area contributed by atoms with E-state index in [0.29, 0.717) is 17.9 Å². The fourth-order valence-corrected chi connectivity index (χ4v) is 2.40. The van der Waals surface area contributed by atoms with Crippen LogP contribution in [-0.2, 0) is 6.54 Å². The first-order valence-electron chi connectivity index (χ1n) is 6.17. The van der Waals surface area contributed by atoms with Gasteiger partial charge in [0.05, 0.1) is 17.7 Å². The highest BCUT2D eigenvalue weighted by Crippen LogP contribution is 2.11. The third-order valence-corrected chi connectivity index (χ3v) is 3.51. The number of carbonyl (C=O) groups excluding carboxylic acids is 1. The van der Waals surface area contributed by atoms with Crippen molar-refractivity contribution in [2.75, 3.05) is 7.05 Å². The van der Waals surface area contributed by atoms with E-state index in [1.54, 1.807) is 35.8 Å². The van der Waals surface area contributed by atoms with E-state index in [1.165, 1.54) is 28.7 Å². The minimum atomic E-state index is -0.0910. The lowest BCUT2D eigenvalue weighted by atomic mass is 10.2. The third kappa shape index (κ3) is 2.95. The zero-order valence-electron chi connectivity index (χ0n) is 11.2. The van der Waals surface area contributed by atoms with Crippen LogP contribution in [0.15, 0.2) is 41.9 Å². The van der Waals surface area contributed by atoms with Crippen LogP contribution in [0.5, 0.6) is 0 Å². The van der Waals surface area contributed by atoms with Gasteiger partial charge in [0.2, 0.25) is 0 Å². The number of nitrogens with zero attached hydrogens (tertiary/aromatic N) is 6. The van der Waals surface area contributed by atoms with Crippen LogP contribution in [0.1, 0.15) is 16.1 Å². The number of amides is 1. The molecule has 0 radical (unpaired) electrons. The molecule has 3 aromatic rings. The quantitative estimate of drug-likeness (QED) is 0.727. The molecule has 21 heavy (non-hydrogen) atoms. The van der Waals surface area contributed by atoms with E-state index in [-0.39, 0.29) is 5.91 Å². The monoisotopic (exact) mass is 300 g/mol. The molecular formula is C13H12N6OS. The number of hydrogen-bond acceptors (Lipinski definition) is 6. The molecule has 0 spiro atoms. The average Bonchev–Trinajstić information content (AvgIpc) is 3.20. The molecule has 7 nitrogen and oxygen atoms in total. The Bertz CT molecular complexity index is 725. The van der Waals surface area contributed by atoms with Gasteiger partial charge in [-0.2, -0.15) is 5.10 Å². The van der Waals surface area contributed by atoms with Crippen molar-refractivity contribution in [3.8, 4) is 5.82 Å². The van der Waals surface area contributed by atoms with Crippen molar-refractivity contribution in [3.63, 3.8) is 0 Å². The molecule has 0 bridgehead atoms. The molecule has 3 rings (SSSR count). The predicted octanol–water partition coefficient (Wildman–Crippen LogP) is 1.39. The summed E-state index contributed by atoms with van der Waals surface area (Å²) < 4.78 is 1.51. The van der Waals surface area contributed by atoms with Gasteiger partial charge in [0.25, 0.3) is 5.91 Å². The van der Waals surface area contributed by atoms with E-state index in [2.05, 4.69) is 20.1 Å². The molecule has 0 aliphatic heterocycles. The second kappa shape index (κ2) is 5.80. The zero-order chi connectivity index (χ0) is 14.7. The van der Waals surface area contributed by atoms with Crippen molar-refractivity contribution in [2.24, 2.45) is 0 Å². The number of thiazole rings is 1. The highest BCUT2D eigenvalue weighted by Gasteiger charge is 2.14. The summed E-state index contributed by atoms with van der Waals surface area (Å²) in [5, 5.41) is 5.93. The Morgan fingerprint density at radius 3 is 3.05 bits per heavy atom. The normalized spacial score (nSPS) is 10.5. The van der Waals surface area contributed by atoms with Gasteiger partial charge in [-0.05, 0) is 12.1 Å². The Kier molecular flexibility index (Phi) is 3.69. The van der Waals surface area contributed by atoms with Gasteiger partial charge in [-0.3, -0.25) is 4.79 Å². The van der Waals surface area contributed by atoms with Gasteiger partial charge >= 0.3 is 0 Å². The number of hydrogen-bond donors (Lipinski definition) is 0. The SMILES string of the molecule is CN(Cc1cscn1)C(=O)c1ccnc(-n2cncn2)c1. The van der Waals surface area contributed by atoms with Crippen LogP contribution in [0.2, 0.25) is 0 Å². The number of pyridine rings is 1. The lowest BCUT2D eigenvalue weighted by Crippen LogP contribution is -2.26. The Balaban J connectivity index is 1.80. The number of rotatable bonds is 4. The number of carbonyl (C=O) groups is 1. The van der Waals surface area contributed by atoms with Crippen LogP contribution in [0.25, 0.3) is 5.82 Å². The summed E-state index contributed by atoms with van der Waals surface area (Å²) >= 11 is 1.51. The maximum absolute atomic E-state index is 12.4. The van der Waals surface area contributed by atoms with Crippen LogP contribution < -0.4 is 0 Å². The molecule has 0 aliphatic rings. The van der Waals surface area contributed by atoms with Gasteiger partial charge in [0.1, 0.15) is 12.7 Å². The van der Waals surface area contributed by atoms with Gasteiger partial charge in [0.15, 0.2) is 5.82 Å². The standard InChI is InChI=1S/C13H12N6OS/c1-18(5-11-6-21-9-16-11)13(20)10-2-3-15-12(4-10)19-8-14-7-17-19/h2-4,6-9H,5H2,1H3. The van der Waals surface area contributed by atoms with Crippen molar-refractivity contribution in [1.82, 2.24) is 29.6 Å². The predicted molar refractivity (Wildman–Crippen MR) is 77.1 cm³/mol. The summed E-state index contributed by atoms with van der Waals surface area (Å²) in [6, 6.07) is 3.37. The molecule has 0 unspecified atom stereocenters. The van der Waals surface area contributed by atoms with Crippen LogP contribution in [0.4, 0.5) is 0 Å². The maximum atomic E-state index is 12.4. The summed E-state index contributed by atoms with van der Waals surface area (Å²) in [5.41, 5.74) is 3.18. The van der Waals surface area contributed by atoms with E-state index in [0.717, 1.165) is 5.69 Å². The second-order valence-electron chi connectivity index (χ2n) is 4.38. The van der Waals surface area contributed by atoms with Gasteiger partial charge in [-0.25, -0.2) is 19.6 Å². The van der Waals surface area contributed by atoms with Crippen LogP contribution >= 0.6 is 11.3 Å². The topological polar surface area (TPSA) is 76.8 Å². The first-order valence-corrected chi connectivity index (χ1v) is 7.12. The molecule has 3 aromatic heterocycles. The highest BCUT2D eigenvalue weighted by molar-refractivity contribution is 7.07. The van der Waals surface area contributed by atoms with Crippen molar-refractivity contribution >= 4 is 17.2 Å². The lowest BCUT2D eigenvalue weighted by molar-refractivity contribution is 0.0783. The van der Waals surface area contributed by atoms with E-state index in [9.17, 15) is 4.79 Å². The fourth-order valence-electron chi connectivity index (χ4n) is 1.85. The summed E-state index contributed by atoms with van der Waals surface area (Å²) in [6.45, 7) is 0.476. The average molecular weight is 300 g/mol. The van der Waals surface area contributed by atoms with Gasteiger partial charge < -0.3 is 4.90 Å². The summed E-state index contributed by atoms with van der Waals surface area (Å²) in [4.78, 5) is 26.3. The van der Waals surface area contributed by atoms with Crippen LogP contribution in [-0.4, -0.2) is 42.6 Å². The first kappa shape index (κ1) is 13.4. The van der Waals surface area contributed by atoms with Crippen molar-refractivity contribution in [2.45, 2.75) is 6.54 Å². The molecule has 106 valence electrons. The minimum Gasteiger partial charge on any atom is -0.336 e. The van der Waals surface area contributed by atoms with Crippen molar-refractivity contribution < 1.29 is 4.79 Å². The molecule has 0 N–H and O–H groups in total. The van der Waals surface area contributed by atoms with E-state index in [4.69, 9.17) is 0 Å². The van der Waals surface area contributed by atoms with Gasteiger partial charge in [-0.15, -0.1) is 11.3 Å². The molecule has 0 aliphatic carbocycles. The van der Waals surface area contributed by atoms with E-state index >= 15 is 0 Å². The van der Waals surface area contributed by atoms with Gasteiger partial charge in [-0.1, -0.05) is 0 Å². The molecular weight excluding hydrogens is 288 g/mol. The zero-order valence-corrected chi connectivity index (χ0v) is 12.1. The van der Waals surface area contributed by atoms with Crippen LogP contribution in [0.3, 0.4) is 0 Å². The summed E-state index contributed by atoms with van der Waals surface area (Å²) in [6.07, 6.45) is 4.54. The molecule has 8 heteroatoms. The van der Waals surface area contributed by atoms with E-state index in [1.807, 2.05) is 5.38 Å². The summed E-state index contributed by atoms with van der Waals surface area (Å²) in [5.74, 6) is 0.465. The van der Waals surface area contributed by atoms with Crippen molar-refractivity contribution in [1.29, 1.82) is 0 Å². The maximum Gasteiger partial charge on any atom is 0.254 e. The molecule has 3 heterocycles. The summed E-state index contributed by atoms with van der Waals surface area (Å²) in [7, 11) is 1.75. The molecule has 0 aromatic carbocycles. The first-order chi connectivity index (χ1) is 10.2. The Hall–Kier alpha value is -2.61. The Morgan fingerprint density at radius 1 is 1.43 bits per heavy atom. The molecule has 0 saturated heterocycles. The van der Waals surface area contributed by atoms with E-state index < -0.39 is 0 Å². The Labute approximate surface area is 124 Å². The molecule has 1 amide bonds. The second-order valence-corrected chi connectivity index (χ2v) is 5.10. The Morgan fingerprint density at radius 2 is 2.33 bits per heavy atom. The fraction of sp³-hybridized carbons (Fsp3) is 0.154. The smallest absolute Gasteiger partial charge is 0.254 e. The minimum absolute atomic E-state index is 0.0910. The molecule has 0 atom stereocenters. The van der Waals surface area contributed by atoms with Crippen LogP contribution in [0, 0.1) is 0 Å². The van der Waals surface area contributed by atoms with Crippen molar-refractivity contribution in [3.05, 3.63) is 53.1 Å². The largest absolute Gasteiger partial charge is 0.336 e. The highest BCUT2D eigenvalue weighted by atomic mass is 32.1. The third-order valence-electron chi connectivity index (χ3n) is 2.88. The lowest BCUT2D eigenvalue weighted by Gasteiger charge is -2.16. The number of aromatic nitrogens is 5. The van der Waals surface area contributed by atoms with Gasteiger partial charge in [0, 0.05) is 24.2 Å². The molecule has 0 saturated carbocycles. The molecule has 0 fully saturated rings.